The van der Waals surface area contributed by atoms with Crippen LogP contribution in [0.2, 0.25) is 0 Å². The molecule has 0 bridgehead atoms. The van der Waals surface area contributed by atoms with E-state index in [9.17, 15) is 4.79 Å². The summed E-state index contributed by atoms with van der Waals surface area (Å²) in [7, 11) is 0. The minimum absolute atomic E-state index is 0.00847. The highest BCUT2D eigenvalue weighted by Gasteiger charge is 2.21. The van der Waals surface area contributed by atoms with E-state index < -0.39 is 0 Å². The summed E-state index contributed by atoms with van der Waals surface area (Å²) in [5, 5.41) is 1.50. The van der Waals surface area contributed by atoms with Gasteiger partial charge in [-0.1, -0.05) is 18.2 Å². The smallest absolute Gasteiger partial charge is 0.259 e. The van der Waals surface area contributed by atoms with E-state index in [1.165, 1.54) is 0 Å². The van der Waals surface area contributed by atoms with Crippen LogP contribution < -0.4 is 11.3 Å². The fraction of sp³-hybridized carbons (Fsp3) is 0.308. The number of fused-ring (bicyclic) bond motifs is 1. The molecular weight excluding hydrogens is 232 g/mol. The van der Waals surface area contributed by atoms with Crippen molar-refractivity contribution < 1.29 is 0 Å². The number of thioether (sulfide) groups is 1. The normalized spacial score (nSPS) is 11.9. The zero-order valence-electron chi connectivity index (χ0n) is 10.2. The molecule has 0 spiro atoms. The Morgan fingerprint density at radius 3 is 2.41 bits per heavy atom. The third-order valence-corrected chi connectivity index (χ3v) is 4.23. The largest absolute Gasteiger partial charge is 0.397 e. The van der Waals surface area contributed by atoms with Crippen molar-refractivity contribution >= 4 is 28.2 Å². The molecule has 4 heteroatoms. The van der Waals surface area contributed by atoms with Gasteiger partial charge >= 0.3 is 0 Å². The van der Waals surface area contributed by atoms with Gasteiger partial charge < -0.3 is 5.73 Å². The number of benzene rings is 1. The van der Waals surface area contributed by atoms with Crippen LogP contribution in [-0.2, 0) is 4.87 Å². The monoisotopic (exact) mass is 248 g/mol. The molecule has 2 N–H and O–H groups in total. The molecule has 0 atom stereocenters. The topological polar surface area (TPSA) is 48.0 Å². The van der Waals surface area contributed by atoms with Gasteiger partial charge in [0.15, 0.2) is 0 Å². The van der Waals surface area contributed by atoms with E-state index in [0.29, 0.717) is 11.1 Å². The first kappa shape index (κ1) is 12.0. The van der Waals surface area contributed by atoms with Crippen molar-refractivity contribution in [1.29, 1.82) is 0 Å². The van der Waals surface area contributed by atoms with Gasteiger partial charge in [0, 0.05) is 17.0 Å². The van der Waals surface area contributed by atoms with E-state index in [2.05, 4.69) is 0 Å². The summed E-state index contributed by atoms with van der Waals surface area (Å²) in [5.74, 6) is 0. The summed E-state index contributed by atoms with van der Waals surface area (Å²) in [5.41, 5.74) is 6.66. The molecule has 0 radical (unpaired) electrons. The molecule has 0 aliphatic carbocycles. The van der Waals surface area contributed by atoms with Crippen molar-refractivity contribution in [2.24, 2.45) is 0 Å². The zero-order valence-corrected chi connectivity index (χ0v) is 11.0. The lowest BCUT2D eigenvalue weighted by Gasteiger charge is -2.26. The van der Waals surface area contributed by atoms with E-state index in [-0.39, 0.29) is 10.4 Å². The van der Waals surface area contributed by atoms with Gasteiger partial charge in [-0.2, -0.15) is 0 Å². The van der Waals surface area contributed by atoms with Gasteiger partial charge in [-0.15, -0.1) is 11.8 Å². The highest BCUT2D eigenvalue weighted by atomic mass is 32.2. The molecule has 1 aromatic heterocycles. The maximum Gasteiger partial charge on any atom is 0.259 e. The van der Waals surface area contributed by atoms with Crippen molar-refractivity contribution in [3.63, 3.8) is 0 Å². The number of rotatable bonds is 2. The van der Waals surface area contributed by atoms with Crippen LogP contribution in [0.4, 0.5) is 5.69 Å². The number of nitrogens with zero attached hydrogens (tertiary/aromatic N) is 1. The average molecular weight is 248 g/mol. The van der Waals surface area contributed by atoms with Crippen molar-refractivity contribution in [2.45, 2.75) is 18.7 Å². The van der Waals surface area contributed by atoms with Crippen molar-refractivity contribution in [3.05, 3.63) is 40.8 Å². The molecule has 3 nitrogen and oxygen atoms in total. The standard InChI is InChI=1S/C13H16N2OS/c1-13(2,17-3)15-8-11(14)9-6-4-5-7-10(9)12(15)16/h4-8H,14H2,1-3H3. The molecule has 0 unspecified atom stereocenters. The Labute approximate surface area is 105 Å². The van der Waals surface area contributed by atoms with E-state index in [4.69, 9.17) is 5.73 Å². The average Bonchev–Trinajstić information content (AvgIpc) is 2.33. The molecule has 0 fully saturated rings. The predicted octanol–water partition coefficient (Wildman–Crippen LogP) is 2.64. The number of aromatic nitrogens is 1. The summed E-state index contributed by atoms with van der Waals surface area (Å²) in [6.07, 6.45) is 3.72. The van der Waals surface area contributed by atoms with E-state index in [1.807, 2.05) is 44.4 Å². The van der Waals surface area contributed by atoms with Crippen LogP contribution in [0.15, 0.2) is 35.3 Å². The van der Waals surface area contributed by atoms with Crippen LogP contribution in [0.25, 0.3) is 10.8 Å². The Morgan fingerprint density at radius 1 is 1.24 bits per heavy atom. The molecule has 0 amide bonds. The van der Waals surface area contributed by atoms with Crippen molar-refractivity contribution in [1.82, 2.24) is 4.57 Å². The molecule has 0 aliphatic heterocycles. The summed E-state index contributed by atoms with van der Waals surface area (Å²) in [6, 6.07) is 7.45. The number of nitrogens with two attached hydrogens (primary N) is 1. The third kappa shape index (κ3) is 1.93. The number of hydrogen-bond acceptors (Lipinski definition) is 3. The van der Waals surface area contributed by atoms with Crippen LogP contribution in [-0.4, -0.2) is 10.8 Å². The molecule has 2 rings (SSSR count). The maximum absolute atomic E-state index is 12.4. The molecule has 90 valence electrons. The van der Waals surface area contributed by atoms with Crippen molar-refractivity contribution in [3.8, 4) is 0 Å². The third-order valence-electron chi connectivity index (χ3n) is 3.04. The Balaban J connectivity index is 2.85. The van der Waals surface area contributed by atoms with Gasteiger partial charge in [-0.25, -0.2) is 0 Å². The summed E-state index contributed by atoms with van der Waals surface area (Å²) in [6.45, 7) is 4.01. The van der Waals surface area contributed by atoms with Gasteiger partial charge in [0.05, 0.1) is 10.6 Å². The van der Waals surface area contributed by atoms with Crippen LogP contribution in [0.3, 0.4) is 0 Å². The molecule has 0 saturated carbocycles. The van der Waals surface area contributed by atoms with E-state index >= 15 is 0 Å². The predicted molar refractivity (Wildman–Crippen MR) is 75.5 cm³/mol. The second-order valence-corrected chi connectivity index (χ2v) is 5.86. The maximum atomic E-state index is 12.4. The number of anilines is 1. The first-order chi connectivity index (χ1) is 7.97. The first-order valence-corrected chi connectivity index (χ1v) is 6.65. The minimum atomic E-state index is -0.296. The van der Waals surface area contributed by atoms with Gasteiger partial charge in [0.1, 0.15) is 0 Å². The summed E-state index contributed by atoms with van der Waals surface area (Å²) >= 11 is 1.62. The molecule has 0 aliphatic rings. The Bertz CT molecular complexity index is 616. The quantitative estimate of drug-likeness (QED) is 0.888. The van der Waals surface area contributed by atoms with Crippen LogP contribution in [0.1, 0.15) is 13.8 Å². The molecular formula is C13H16N2OS. The molecule has 17 heavy (non-hydrogen) atoms. The van der Waals surface area contributed by atoms with Crippen LogP contribution in [0, 0.1) is 0 Å². The number of nitrogen functional groups attached to an aromatic ring is 1. The lowest BCUT2D eigenvalue weighted by atomic mass is 10.1. The number of pyridine rings is 1. The summed E-state index contributed by atoms with van der Waals surface area (Å²) < 4.78 is 1.70. The molecule has 1 heterocycles. The lowest BCUT2D eigenvalue weighted by molar-refractivity contribution is 0.524. The van der Waals surface area contributed by atoms with Crippen LogP contribution in [0.5, 0.6) is 0 Å². The lowest BCUT2D eigenvalue weighted by Crippen LogP contribution is -2.33. The zero-order chi connectivity index (χ0) is 12.6. The van der Waals surface area contributed by atoms with Gasteiger partial charge in [0.25, 0.3) is 5.56 Å². The summed E-state index contributed by atoms with van der Waals surface area (Å²) in [4.78, 5) is 12.1. The molecule has 2 aromatic rings. The highest BCUT2D eigenvalue weighted by Crippen LogP contribution is 2.28. The fourth-order valence-electron chi connectivity index (χ4n) is 1.82. The van der Waals surface area contributed by atoms with E-state index in [0.717, 1.165) is 5.39 Å². The minimum Gasteiger partial charge on any atom is -0.397 e. The second-order valence-electron chi connectivity index (χ2n) is 4.46. The van der Waals surface area contributed by atoms with Crippen LogP contribution >= 0.6 is 11.8 Å². The molecule has 1 aromatic carbocycles. The fourth-order valence-corrected chi connectivity index (χ4v) is 2.15. The first-order valence-electron chi connectivity index (χ1n) is 5.43. The van der Waals surface area contributed by atoms with E-state index in [1.54, 1.807) is 22.5 Å². The van der Waals surface area contributed by atoms with Crippen molar-refractivity contribution in [2.75, 3.05) is 12.0 Å². The Kier molecular flexibility index (Phi) is 2.91. The molecule has 0 saturated heterocycles. The van der Waals surface area contributed by atoms with Gasteiger partial charge in [-0.05, 0) is 26.2 Å². The Hall–Kier alpha value is -1.42. The highest BCUT2D eigenvalue weighted by molar-refractivity contribution is 7.99. The SMILES string of the molecule is CSC(C)(C)n1cc(N)c2ccccc2c1=O. The second kappa shape index (κ2) is 4.11. The van der Waals surface area contributed by atoms with Gasteiger partial charge in [0.2, 0.25) is 0 Å². The number of hydrogen-bond donors (Lipinski definition) is 1. The Morgan fingerprint density at radius 2 is 1.82 bits per heavy atom. The van der Waals surface area contributed by atoms with Gasteiger partial charge in [-0.3, -0.25) is 9.36 Å².